The van der Waals surface area contributed by atoms with Gasteiger partial charge in [0.05, 0.1) is 86.0 Å². The summed E-state index contributed by atoms with van der Waals surface area (Å²) in [7, 11) is 1.43. The van der Waals surface area contributed by atoms with Crippen molar-refractivity contribution in [3.8, 4) is 0 Å². The van der Waals surface area contributed by atoms with Crippen LogP contribution in [0, 0.1) is 296 Å². The van der Waals surface area contributed by atoms with E-state index in [1.807, 2.05) is 62.3 Å². The van der Waals surface area contributed by atoms with Crippen LogP contribution < -0.4 is 0 Å². The average Bonchev–Trinajstić information content (AvgIpc) is 1.55. The molecule has 20 bridgehead atoms. The summed E-state index contributed by atoms with van der Waals surface area (Å²) in [6.45, 7) is 45.4. The Morgan fingerprint density at radius 2 is 0.459 bits per heavy atom. The standard InChI is InChI=1S/C23H35NO4.C22H34O5.C21H32O7.C21H32O6.C20H30O5/c1-11-12(2)14-9-13(11)17-15-10-16(18(14)17)20(22(26)28-23(3,4)5)19(15)21(25)27-8-7-24-6;1-10-11(2)13-8-12(10)16-14-9-15(17(13)16)19(21(25)27-22(3,4)5)18(14)20(24)26-7-6-23;1-4-25-9-27-21(23)19-15-8-14(18(19)20(22)26-5-6-28-24)16-12-7-13(17(15)16)11(3)10(12)2;1-4-25-9-27-21(24)19-15-8-14(18(19)20(23)26-6-5-22)16-12-7-13(17(15)16)11(3)10(12)2;1-5-24-8-25-20(22)18-14-7-13(17(18)19(21)23-4)15-11-6-12(16(14)15)10(3)9(11)2/h11-20H,6-10H2,1-5H3;10-19,23H,6-9H2,1-5H3;10-19,24H,4-9H2,1-3H3;10-19,22H,4-9H2,1-3H3;9-18H,5-8H2,1-4H3. The van der Waals surface area contributed by atoms with E-state index >= 15 is 0 Å². The molecule has 758 valence electrons. The smallest absolute Gasteiger partial charge is 0.312 e. The molecule has 0 amide bonds. The molecular weight excluding hydrogens is 1730 g/mol. The van der Waals surface area contributed by atoms with Gasteiger partial charge in [-0.15, -0.1) is 0 Å². The van der Waals surface area contributed by atoms with Crippen LogP contribution in [0.2, 0.25) is 0 Å². The Morgan fingerprint density at radius 1 is 0.274 bits per heavy atom. The number of methoxy groups -OCH3 is 1. The van der Waals surface area contributed by atoms with Gasteiger partial charge in [-0.1, -0.05) is 69.2 Å². The Balaban J connectivity index is 0.000000123. The zero-order valence-electron chi connectivity index (χ0n) is 84.1. The molecule has 3 N–H and O–H groups in total. The van der Waals surface area contributed by atoms with E-state index in [2.05, 4.69) is 85.8 Å². The second kappa shape index (κ2) is 40.8. The number of aliphatic hydroxyl groups is 2. The van der Waals surface area contributed by atoms with Gasteiger partial charge < -0.3 is 71.8 Å². The van der Waals surface area contributed by atoms with Gasteiger partial charge in [0.1, 0.15) is 44.2 Å². The molecule has 0 aromatic rings. The largest absolute Gasteiger partial charge is 0.469 e. The summed E-state index contributed by atoms with van der Waals surface area (Å²) in [5.74, 6) is 15.1. The molecule has 0 aliphatic heterocycles. The second-order valence-corrected chi connectivity index (χ2v) is 48.0. The number of esters is 10. The summed E-state index contributed by atoms with van der Waals surface area (Å²) in [5.41, 5.74) is -1.11. The van der Waals surface area contributed by atoms with Crippen molar-refractivity contribution >= 4 is 66.4 Å². The molecule has 20 aliphatic rings. The molecule has 0 aromatic carbocycles. The number of fused-ring (bicyclic) bond motifs is 45. The number of rotatable bonds is 29. The Bertz CT molecular complexity index is 4220. The van der Waals surface area contributed by atoms with E-state index in [1.165, 1.54) is 39.2 Å². The van der Waals surface area contributed by atoms with Crippen molar-refractivity contribution in [2.75, 3.05) is 100 Å². The van der Waals surface area contributed by atoms with Gasteiger partial charge in [0.25, 0.3) is 0 Å². The fraction of sp³-hybridized carbons (Fsp3) is 0.897. The monoisotopic (exact) mass is 1890 g/mol. The minimum absolute atomic E-state index is 0.00133. The minimum Gasteiger partial charge on any atom is -0.469 e. The molecule has 20 fully saturated rings. The highest BCUT2D eigenvalue weighted by atomic mass is 17.1. The van der Waals surface area contributed by atoms with Crippen molar-refractivity contribution in [2.24, 2.45) is 301 Å². The lowest BCUT2D eigenvalue weighted by Gasteiger charge is -2.45. The first kappa shape index (κ1) is 102. The SMILES string of the molecule is C=NCCOC(=O)C1C2CC(C1C(=O)OC(C)(C)C)C1C3CC(C(C)C3C)C21.CC1C(C)C2CC1C1C3CC(C(C(=O)OC(C)(C)C)C3C(=O)OCCO)C21.CCOCOC(=O)C1C2CC(C1C(=O)OC)C1C3CC(C(C)C3C)C21.CCOCOC(=O)C1C2CC(C1C(=O)OCCO)C1C3CC(C(C)C3C)C21.CCOCOC(=O)C1C2CC(C1C(=O)OCCOO)C1C3CC(C(C)C3C)C21. The summed E-state index contributed by atoms with van der Waals surface area (Å²) < 4.78 is 69.7. The number of nitrogens with zero attached hydrogens (tertiary/aromatic N) is 1. The first-order valence-electron chi connectivity index (χ1n) is 52.7. The molecule has 0 radical (unpaired) electrons. The van der Waals surface area contributed by atoms with Gasteiger partial charge in [0.2, 0.25) is 0 Å². The van der Waals surface area contributed by atoms with Gasteiger partial charge in [-0.2, -0.15) is 0 Å². The quantitative estimate of drug-likeness (QED) is 0.00915. The molecule has 28 heteroatoms. The van der Waals surface area contributed by atoms with Crippen LogP contribution in [-0.4, -0.2) is 193 Å². The summed E-state index contributed by atoms with van der Waals surface area (Å²) in [4.78, 5) is 137. The normalized spacial score (nSPS) is 46.7. The summed E-state index contributed by atoms with van der Waals surface area (Å²) in [5, 5.41) is 26.6. The lowest BCUT2D eigenvalue weighted by atomic mass is 9.59. The summed E-state index contributed by atoms with van der Waals surface area (Å²) in [6, 6.07) is 0. The second-order valence-electron chi connectivity index (χ2n) is 48.0. The number of aliphatic hydroxyl groups excluding tert-OH is 2. The summed E-state index contributed by atoms with van der Waals surface area (Å²) >= 11 is 0. The lowest BCUT2D eigenvalue weighted by molar-refractivity contribution is -0.249. The van der Waals surface area contributed by atoms with Crippen LogP contribution in [0.15, 0.2) is 4.99 Å². The molecule has 0 saturated heterocycles. The van der Waals surface area contributed by atoms with E-state index in [0.29, 0.717) is 192 Å². The molecule has 20 rings (SSSR count). The number of ether oxygens (including phenoxy) is 13. The molecule has 0 spiro atoms. The molecule has 28 nitrogen and oxygen atoms in total. The zero-order chi connectivity index (χ0) is 97.2. The van der Waals surface area contributed by atoms with E-state index in [-0.39, 0.29) is 215 Å². The van der Waals surface area contributed by atoms with Gasteiger partial charge >= 0.3 is 59.7 Å². The first-order chi connectivity index (χ1) is 64.3. The Hall–Kier alpha value is -5.91. The third-order valence-corrected chi connectivity index (χ3v) is 41.8. The van der Waals surface area contributed by atoms with E-state index in [4.69, 9.17) is 77.0 Å². The van der Waals surface area contributed by atoms with Gasteiger partial charge in [-0.05, 0) is 370 Å². The molecule has 20 saturated carbocycles. The van der Waals surface area contributed by atoms with Crippen LogP contribution in [0.5, 0.6) is 0 Å². The maximum Gasteiger partial charge on any atom is 0.312 e. The molecule has 0 aromatic heterocycles. The van der Waals surface area contributed by atoms with E-state index in [9.17, 15) is 47.9 Å². The van der Waals surface area contributed by atoms with E-state index in [0.717, 1.165) is 43.9 Å². The Kier molecular flexibility index (Phi) is 30.9. The number of carbonyl (C=O) groups excluding carboxylic acids is 10. The van der Waals surface area contributed by atoms with Crippen molar-refractivity contribution in [3.05, 3.63) is 0 Å². The van der Waals surface area contributed by atoms with Crippen molar-refractivity contribution in [3.63, 3.8) is 0 Å². The molecular formula is C107H163NO27. The van der Waals surface area contributed by atoms with Crippen LogP contribution in [0.4, 0.5) is 0 Å². The van der Waals surface area contributed by atoms with Crippen molar-refractivity contribution < 1.29 is 130 Å². The molecule has 0 heterocycles. The maximum absolute atomic E-state index is 13.2. The van der Waals surface area contributed by atoms with Crippen LogP contribution in [0.1, 0.15) is 196 Å². The lowest BCUT2D eigenvalue weighted by Crippen LogP contribution is -2.48. The van der Waals surface area contributed by atoms with Crippen LogP contribution in [-0.2, 0) is 114 Å². The highest BCUT2D eigenvalue weighted by Gasteiger charge is 2.78. The zero-order valence-corrected chi connectivity index (χ0v) is 84.1. The fourth-order valence-corrected chi connectivity index (χ4v) is 37.2. The van der Waals surface area contributed by atoms with Gasteiger partial charge in [0.15, 0.2) is 20.4 Å². The highest BCUT2D eigenvalue weighted by molar-refractivity contribution is 5.88. The topological polar surface area (TPSA) is 373 Å². The van der Waals surface area contributed by atoms with Crippen LogP contribution in [0.3, 0.4) is 0 Å². The molecule has 135 heavy (non-hydrogen) atoms. The molecule has 50 atom stereocenters. The third kappa shape index (κ3) is 17.7. The van der Waals surface area contributed by atoms with Gasteiger partial charge in [-0.25, -0.2) is 4.89 Å². The third-order valence-electron chi connectivity index (χ3n) is 41.8. The minimum atomic E-state index is -0.561. The van der Waals surface area contributed by atoms with E-state index < -0.39 is 40.8 Å². The van der Waals surface area contributed by atoms with Crippen molar-refractivity contribution in [1.82, 2.24) is 0 Å². The van der Waals surface area contributed by atoms with Crippen LogP contribution >= 0.6 is 0 Å². The van der Waals surface area contributed by atoms with Crippen molar-refractivity contribution in [2.45, 2.75) is 207 Å². The highest BCUT2D eigenvalue weighted by Crippen LogP contribution is 2.79. The van der Waals surface area contributed by atoms with Gasteiger partial charge in [-0.3, -0.25) is 58.2 Å². The Morgan fingerprint density at radius 3 is 0.644 bits per heavy atom. The van der Waals surface area contributed by atoms with Gasteiger partial charge in [0, 0.05) is 19.8 Å². The maximum atomic E-state index is 13.2. The van der Waals surface area contributed by atoms with Crippen LogP contribution in [0.25, 0.3) is 0 Å². The molecule has 50 unspecified atom stereocenters. The number of carbonyl (C=O) groups is 10. The predicted octanol–water partition coefficient (Wildman–Crippen LogP) is 13.9. The number of hydrogen-bond donors (Lipinski definition) is 3. The molecule has 20 aliphatic carbocycles. The van der Waals surface area contributed by atoms with E-state index in [1.54, 1.807) is 0 Å². The predicted molar refractivity (Wildman–Crippen MR) is 490 cm³/mol. The Labute approximate surface area is 800 Å². The number of aliphatic imine (C=N–C) groups is 1. The average molecular weight is 1900 g/mol. The summed E-state index contributed by atoms with van der Waals surface area (Å²) in [6.07, 6.45) is 11.0. The van der Waals surface area contributed by atoms with Crippen molar-refractivity contribution in [1.29, 1.82) is 0 Å². The first-order valence-corrected chi connectivity index (χ1v) is 52.7. The fourth-order valence-electron chi connectivity index (χ4n) is 37.2. The number of hydrogen-bond acceptors (Lipinski definition) is 28.